The van der Waals surface area contributed by atoms with E-state index in [0.717, 1.165) is 25.7 Å². The first-order chi connectivity index (χ1) is 17.9. The van der Waals surface area contributed by atoms with Crippen molar-refractivity contribution in [1.82, 2.24) is 10.6 Å². The van der Waals surface area contributed by atoms with Crippen molar-refractivity contribution < 1.29 is 23.5 Å². The molecule has 11 heteroatoms. The second kappa shape index (κ2) is 11.5. The van der Waals surface area contributed by atoms with Gasteiger partial charge in [-0.2, -0.15) is 0 Å². The molecule has 1 aliphatic heterocycles. The van der Waals surface area contributed by atoms with Gasteiger partial charge in [0.2, 0.25) is 5.91 Å². The van der Waals surface area contributed by atoms with Gasteiger partial charge in [0, 0.05) is 24.8 Å². The van der Waals surface area contributed by atoms with Crippen LogP contribution in [0.1, 0.15) is 41.8 Å². The maximum absolute atomic E-state index is 14.9. The van der Waals surface area contributed by atoms with Gasteiger partial charge >= 0.3 is 0 Å². The second-order valence-electron chi connectivity index (χ2n) is 9.84. The Kier molecular flexibility index (Phi) is 8.09. The molecule has 37 heavy (non-hydrogen) atoms. The summed E-state index contributed by atoms with van der Waals surface area (Å²) in [6, 6.07) is 7.09. The smallest absolute Gasteiger partial charge is 0.261 e. The molecule has 198 valence electrons. The minimum absolute atomic E-state index is 0.0823. The van der Waals surface area contributed by atoms with Crippen LogP contribution in [0, 0.1) is 17.7 Å². The number of hydrogen-bond acceptors (Lipinski definition) is 6. The van der Waals surface area contributed by atoms with Crippen LogP contribution in [0.4, 0.5) is 15.8 Å². The predicted molar refractivity (Wildman–Crippen MR) is 141 cm³/mol. The molecule has 0 radical (unpaired) electrons. The van der Waals surface area contributed by atoms with Crippen molar-refractivity contribution in [3.8, 4) is 0 Å². The normalized spacial score (nSPS) is 19.7. The molecule has 8 nitrogen and oxygen atoms in total. The van der Waals surface area contributed by atoms with E-state index < -0.39 is 11.9 Å². The van der Waals surface area contributed by atoms with E-state index in [1.165, 1.54) is 34.8 Å². The number of anilines is 2. The van der Waals surface area contributed by atoms with Gasteiger partial charge in [-0.05, 0) is 67.9 Å². The zero-order valence-electron chi connectivity index (χ0n) is 20.3. The lowest BCUT2D eigenvalue weighted by Gasteiger charge is -2.37. The fourth-order valence-electron chi connectivity index (χ4n) is 4.89. The number of ether oxygens (including phenoxy) is 1. The van der Waals surface area contributed by atoms with Crippen LogP contribution in [-0.2, 0) is 14.3 Å². The Morgan fingerprint density at radius 3 is 2.57 bits per heavy atom. The van der Waals surface area contributed by atoms with Gasteiger partial charge in [0.25, 0.3) is 11.8 Å². The molecule has 2 aliphatic carbocycles. The zero-order chi connectivity index (χ0) is 25.9. The number of thiophene rings is 1. The number of halogens is 2. The van der Waals surface area contributed by atoms with E-state index in [0.29, 0.717) is 27.7 Å². The van der Waals surface area contributed by atoms with Crippen LogP contribution in [0.5, 0.6) is 0 Å². The summed E-state index contributed by atoms with van der Waals surface area (Å²) in [7, 11) is 0. The fourth-order valence-corrected chi connectivity index (χ4v) is 5.85. The van der Waals surface area contributed by atoms with Crippen LogP contribution >= 0.6 is 22.9 Å². The molecule has 2 saturated carbocycles. The molecule has 2 aromatic rings. The molecule has 3 amide bonds. The lowest BCUT2D eigenvalue weighted by molar-refractivity contribution is -0.125. The van der Waals surface area contributed by atoms with Crippen LogP contribution in [0.2, 0.25) is 4.34 Å². The highest BCUT2D eigenvalue weighted by atomic mass is 35.5. The molecule has 1 saturated heterocycles. The molecule has 3 fully saturated rings. The minimum Gasteiger partial charge on any atom is -0.370 e. The van der Waals surface area contributed by atoms with Crippen LogP contribution in [-0.4, -0.2) is 56.1 Å². The number of carbonyl (C=O) groups is 3. The summed E-state index contributed by atoms with van der Waals surface area (Å²) in [6.45, 7) is 0.604. The number of amides is 3. The largest absolute Gasteiger partial charge is 0.370 e. The molecular weight excluding hydrogens is 519 g/mol. The molecule has 0 bridgehead atoms. The summed E-state index contributed by atoms with van der Waals surface area (Å²) < 4.78 is 20.5. The maximum atomic E-state index is 14.9. The highest BCUT2D eigenvalue weighted by Crippen LogP contribution is 2.42. The van der Waals surface area contributed by atoms with Crippen molar-refractivity contribution in [1.29, 1.82) is 0 Å². The molecule has 5 rings (SSSR count). The third-order valence-electron chi connectivity index (χ3n) is 7.25. The van der Waals surface area contributed by atoms with Crippen molar-refractivity contribution in [2.45, 2.75) is 44.2 Å². The van der Waals surface area contributed by atoms with Gasteiger partial charge in [-0.1, -0.05) is 18.0 Å². The minimum atomic E-state index is -0.700. The van der Waals surface area contributed by atoms with Crippen molar-refractivity contribution in [3.63, 3.8) is 0 Å². The third-order valence-corrected chi connectivity index (χ3v) is 8.48. The Balaban J connectivity index is 1.28. The van der Waals surface area contributed by atoms with E-state index in [1.54, 1.807) is 18.2 Å². The van der Waals surface area contributed by atoms with Crippen molar-refractivity contribution in [2.24, 2.45) is 11.8 Å². The topological polar surface area (TPSA) is 99.8 Å². The summed E-state index contributed by atoms with van der Waals surface area (Å²) in [6.07, 6.45) is 5.73. The standard InChI is InChI=1S/C26H30ClFN4O4S/c27-22-9-8-21(37-22)26(35)29-13-19(31-24(16-4-5-16)15-2-1-3-15)25(34)30-17-6-7-20(18(28)12-17)32-10-11-36-14-23(32)33/h6-9,12,15-16,19,24,31H,1-5,10-11,13-14H2,(H,29,35)(H,30,34)/t19-,24?/m0/s1. The Morgan fingerprint density at radius 2 is 1.95 bits per heavy atom. The SMILES string of the molecule is O=C(NC[C@H](NC(C1CCC1)C1CC1)C(=O)Nc1ccc(N2CCOCC2=O)c(F)c1)c1ccc(Cl)s1. The zero-order valence-corrected chi connectivity index (χ0v) is 21.9. The average molecular weight is 549 g/mol. The Morgan fingerprint density at radius 1 is 1.16 bits per heavy atom. The summed E-state index contributed by atoms with van der Waals surface area (Å²) in [4.78, 5) is 39.9. The van der Waals surface area contributed by atoms with Crippen LogP contribution in [0.25, 0.3) is 0 Å². The Hall–Kier alpha value is -2.53. The van der Waals surface area contributed by atoms with E-state index >= 15 is 0 Å². The van der Waals surface area contributed by atoms with Crippen LogP contribution in [0.3, 0.4) is 0 Å². The number of benzene rings is 1. The number of morpholine rings is 1. The van der Waals surface area contributed by atoms with Gasteiger partial charge in [-0.15, -0.1) is 11.3 Å². The van der Waals surface area contributed by atoms with E-state index in [9.17, 15) is 18.8 Å². The highest BCUT2D eigenvalue weighted by molar-refractivity contribution is 7.18. The van der Waals surface area contributed by atoms with E-state index in [1.807, 2.05) is 0 Å². The van der Waals surface area contributed by atoms with E-state index in [4.69, 9.17) is 16.3 Å². The van der Waals surface area contributed by atoms with Gasteiger partial charge in [-0.25, -0.2) is 4.39 Å². The lowest BCUT2D eigenvalue weighted by Crippen LogP contribution is -2.55. The van der Waals surface area contributed by atoms with Gasteiger partial charge < -0.3 is 25.6 Å². The molecule has 2 atom stereocenters. The number of carbonyl (C=O) groups excluding carboxylic acids is 3. The highest BCUT2D eigenvalue weighted by Gasteiger charge is 2.40. The molecule has 1 aromatic heterocycles. The Labute approximate surface area is 223 Å². The second-order valence-corrected chi connectivity index (χ2v) is 11.6. The van der Waals surface area contributed by atoms with Crippen LogP contribution < -0.4 is 20.9 Å². The first-order valence-electron chi connectivity index (χ1n) is 12.7. The molecule has 3 N–H and O–H groups in total. The third kappa shape index (κ3) is 6.31. The van der Waals surface area contributed by atoms with Gasteiger partial charge in [0.05, 0.1) is 21.5 Å². The number of nitrogens with zero attached hydrogens (tertiary/aromatic N) is 1. The van der Waals surface area contributed by atoms with Gasteiger partial charge in [0.15, 0.2) is 0 Å². The molecule has 0 spiro atoms. The number of nitrogens with one attached hydrogen (secondary N) is 3. The van der Waals surface area contributed by atoms with Gasteiger partial charge in [0.1, 0.15) is 18.5 Å². The summed E-state index contributed by atoms with van der Waals surface area (Å²) in [5.41, 5.74) is 0.434. The molecular formula is C26H30ClFN4O4S. The maximum Gasteiger partial charge on any atom is 0.261 e. The molecule has 2 heterocycles. The van der Waals surface area contributed by atoms with Crippen LogP contribution in [0.15, 0.2) is 30.3 Å². The molecule has 1 unspecified atom stereocenters. The van der Waals surface area contributed by atoms with Crippen molar-refractivity contribution in [2.75, 3.05) is 36.5 Å². The van der Waals surface area contributed by atoms with Crippen molar-refractivity contribution >= 4 is 52.0 Å². The quantitative estimate of drug-likeness (QED) is 0.419. The predicted octanol–water partition coefficient (Wildman–Crippen LogP) is 3.81. The monoisotopic (exact) mass is 548 g/mol. The van der Waals surface area contributed by atoms with E-state index in [-0.39, 0.29) is 54.8 Å². The first kappa shape index (κ1) is 26.1. The Bertz CT molecular complexity index is 1170. The average Bonchev–Trinajstić information content (AvgIpc) is 3.60. The molecule has 3 aliphatic rings. The molecule has 1 aromatic carbocycles. The summed E-state index contributed by atoms with van der Waals surface area (Å²) >= 11 is 7.14. The first-order valence-corrected chi connectivity index (χ1v) is 13.9. The fraction of sp³-hybridized carbons (Fsp3) is 0.500. The number of rotatable bonds is 10. The lowest BCUT2D eigenvalue weighted by atomic mass is 9.77. The summed E-state index contributed by atoms with van der Waals surface area (Å²) in [5, 5.41) is 9.16. The van der Waals surface area contributed by atoms with Crippen molar-refractivity contribution in [3.05, 3.63) is 45.4 Å². The van der Waals surface area contributed by atoms with E-state index in [2.05, 4.69) is 16.0 Å². The van der Waals surface area contributed by atoms with Gasteiger partial charge in [-0.3, -0.25) is 14.4 Å². The number of hydrogen-bond donors (Lipinski definition) is 3. The summed E-state index contributed by atoms with van der Waals surface area (Å²) in [5.74, 6) is -0.507.